The minimum atomic E-state index is -0.348. The van der Waals surface area contributed by atoms with E-state index in [9.17, 15) is 4.79 Å². The lowest BCUT2D eigenvalue weighted by Crippen LogP contribution is -2.32. The topological polar surface area (TPSA) is 90.6 Å². The lowest BCUT2D eigenvalue weighted by atomic mass is 10.2. The summed E-state index contributed by atoms with van der Waals surface area (Å²) in [6.07, 6.45) is 2.04. The fourth-order valence-electron chi connectivity index (χ4n) is 3.24. The van der Waals surface area contributed by atoms with Gasteiger partial charge in [0.1, 0.15) is 23.2 Å². The highest BCUT2D eigenvalue weighted by atomic mass is 16.5. The van der Waals surface area contributed by atoms with E-state index in [0.29, 0.717) is 36.2 Å². The molecule has 1 aliphatic rings. The minimum Gasteiger partial charge on any atom is -0.457 e. The van der Waals surface area contributed by atoms with Crippen LogP contribution in [0.4, 0.5) is 0 Å². The molecule has 0 spiro atoms. The number of methoxy groups -OCH3 is 1. The van der Waals surface area contributed by atoms with Gasteiger partial charge in [-0.1, -0.05) is 18.2 Å². The molecular weight excluding hydrogens is 360 g/mol. The number of carbonyl (C=O) groups is 1. The predicted octanol–water partition coefficient (Wildman–Crippen LogP) is 3.17. The molecule has 3 heterocycles. The van der Waals surface area contributed by atoms with Crippen molar-refractivity contribution >= 4 is 5.91 Å². The van der Waals surface area contributed by atoms with E-state index in [4.69, 9.17) is 13.9 Å². The summed E-state index contributed by atoms with van der Waals surface area (Å²) in [5.41, 5.74) is 0.284. The van der Waals surface area contributed by atoms with Gasteiger partial charge in [0.15, 0.2) is 0 Å². The molecule has 0 saturated carbocycles. The Morgan fingerprint density at radius 1 is 1.18 bits per heavy atom. The summed E-state index contributed by atoms with van der Waals surface area (Å²) in [6.45, 7) is 2.14. The molecule has 8 nitrogen and oxygen atoms in total. The smallest absolute Gasteiger partial charge is 0.273 e. The van der Waals surface area contributed by atoms with E-state index < -0.39 is 0 Å². The number of hydrogen-bond donors (Lipinski definition) is 0. The number of rotatable bonds is 5. The molecule has 0 bridgehead atoms. The monoisotopic (exact) mass is 380 g/mol. The van der Waals surface area contributed by atoms with Gasteiger partial charge in [-0.2, -0.15) is 0 Å². The van der Waals surface area contributed by atoms with Crippen molar-refractivity contribution in [3.8, 4) is 11.5 Å². The van der Waals surface area contributed by atoms with Crippen LogP contribution in [0.25, 0.3) is 0 Å². The van der Waals surface area contributed by atoms with E-state index >= 15 is 0 Å². The first-order chi connectivity index (χ1) is 13.6. The molecule has 1 aromatic carbocycles. The quantitative estimate of drug-likeness (QED) is 0.671. The second kappa shape index (κ2) is 7.77. The summed E-state index contributed by atoms with van der Waals surface area (Å²) in [5, 5.41) is 7.96. The van der Waals surface area contributed by atoms with Crippen molar-refractivity contribution in [1.29, 1.82) is 0 Å². The molecule has 3 aromatic rings. The molecule has 1 saturated heterocycles. The molecule has 28 heavy (non-hydrogen) atoms. The summed E-state index contributed by atoms with van der Waals surface area (Å²) in [5.74, 6) is 1.85. The third-order valence-corrected chi connectivity index (χ3v) is 4.61. The first-order valence-corrected chi connectivity index (χ1v) is 8.97. The maximum Gasteiger partial charge on any atom is 0.273 e. The van der Waals surface area contributed by atoms with E-state index in [1.54, 1.807) is 37.3 Å². The van der Waals surface area contributed by atoms with Crippen molar-refractivity contribution in [2.45, 2.75) is 25.5 Å². The Hall–Kier alpha value is -3.26. The van der Waals surface area contributed by atoms with Crippen molar-refractivity contribution < 1.29 is 18.7 Å². The Morgan fingerprint density at radius 2 is 2.00 bits per heavy atom. The summed E-state index contributed by atoms with van der Waals surface area (Å²) >= 11 is 0. The molecule has 2 aromatic heterocycles. The predicted molar refractivity (Wildman–Crippen MR) is 99.0 cm³/mol. The summed E-state index contributed by atoms with van der Waals surface area (Å²) in [7, 11) is 1.63. The van der Waals surface area contributed by atoms with E-state index in [0.717, 1.165) is 0 Å². The summed E-state index contributed by atoms with van der Waals surface area (Å²) in [4.78, 5) is 19.1. The van der Waals surface area contributed by atoms with Crippen LogP contribution in [0.2, 0.25) is 0 Å². The average molecular weight is 380 g/mol. The van der Waals surface area contributed by atoms with Crippen LogP contribution in [0, 0.1) is 6.92 Å². The Morgan fingerprint density at radius 3 is 2.71 bits per heavy atom. The number of carbonyl (C=O) groups excluding carboxylic acids is 1. The van der Waals surface area contributed by atoms with Crippen molar-refractivity contribution in [1.82, 2.24) is 20.1 Å². The number of aryl methyl sites for hydroxylation is 1. The van der Waals surface area contributed by atoms with Gasteiger partial charge in [0.05, 0.1) is 6.10 Å². The van der Waals surface area contributed by atoms with Crippen LogP contribution >= 0.6 is 0 Å². The van der Waals surface area contributed by atoms with Crippen molar-refractivity contribution in [3.05, 3.63) is 66.1 Å². The number of pyridine rings is 1. The van der Waals surface area contributed by atoms with E-state index in [-0.39, 0.29) is 23.7 Å². The van der Waals surface area contributed by atoms with Crippen molar-refractivity contribution in [2.24, 2.45) is 0 Å². The van der Waals surface area contributed by atoms with Crippen LogP contribution in [-0.2, 0) is 4.74 Å². The van der Waals surface area contributed by atoms with Crippen LogP contribution in [-0.4, -0.2) is 45.7 Å². The first-order valence-electron chi connectivity index (χ1n) is 8.97. The molecule has 0 radical (unpaired) electrons. The van der Waals surface area contributed by atoms with Gasteiger partial charge in [-0.15, -0.1) is 10.2 Å². The number of benzene rings is 1. The molecule has 0 unspecified atom stereocenters. The number of hydrogen-bond acceptors (Lipinski definition) is 7. The lowest BCUT2D eigenvalue weighted by Gasteiger charge is -2.21. The van der Waals surface area contributed by atoms with Gasteiger partial charge >= 0.3 is 0 Å². The molecule has 0 aliphatic carbocycles. The second-order valence-electron chi connectivity index (χ2n) is 6.52. The number of para-hydroxylation sites is 1. The largest absolute Gasteiger partial charge is 0.457 e. The number of amides is 1. The van der Waals surface area contributed by atoms with Crippen molar-refractivity contribution in [2.75, 3.05) is 13.7 Å². The third kappa shape index (κ3) is 3.72. The average Bonchev–Trinajstić information content (AvgIpc) is 3.34. The maximum absolute atomic E-state index is 13.2. The first kappa shape index (κ1) is 18.1. The van der Waals surface area contributed by atoms with Crippen LogP contribution in [0.15, 0.2) is 53.1 Å². The number of ether oxygens (including phenoxy) is 2. The molecule has 2 atom stereocenters. The van der Waals surface area contributed by atoms with E-state index in [1.165, 1.54) is 0 Å². The summed E-state index contributed by atoms with van der Waals surface area (Å²) < 4.78 is 16.8. The third-order valence-electron chi connectivity index (χ3n) is 4.61. The van der Waals surface area contributed by atoms with E-state index in [1.807, 2.05) is 30.3 Å². The zero-order chi connectivity index (χ0) is 19.5. The summed E-state index contributed by atoms with van der Waals surface area (Å²) in [6, 6.07) is 12.4. The van der Waals surface area contributed by atoms with Gasteiger partial charge < -0.3 is 18.8 Å². The SMILES string of the molecule is CO[C@@H]1C[C@H](c2nnc(C)o2)N(C(=O)c2cc(Oc3ccccc3)ccn2)C1. The highest BCUT2D eigenvalue weighted by molar-refractivity contribution is 5.93. The molecule has 1 fully saturated rings. The van der Waals surface area contributed by atoms with Gasteiger partial charge in [-0.3, -0.25) is 9.78 Å². The van der Waals surface area contributed by atoms with Crippen LogP contribution in [0.5, 0.6) is 11.5 Å². The molecule has 8 heteroatoms. The second-order valence-corrected chi connectivity index (χ2v) is 6.52. The minimum absolute atomic E-state index is 0.107. The normalized spacial score (nSPS) is 19.0. The van der Waals surface area contributed by atoms with Crippen molar-refractivity contribution in [3.63, 3.8) is 0 Å². The molecular formula is C20H20N4O4. The van der Waals surface area contributed by atoms with Crippen LogP contribution in [0.3, 0.4) is 0 Å². The fraction of sp³-hybridized carbons (Fsp3) is 0.300. The van der Waals surface area contributed by atoms with Crippen LogP contribution in [0.1, 0.15) is 34.7 Å². The maximum atomic E-state index is 13.2. The van der Waals surface area contributed by atoms with Gasteiger partial charge in [0, 0.05) is 39.3 Å². The fourth-order valence-corrected chi connectivity index (χ4v) is 3.24. The molecule has 144 valence electrons. The molecule has 0 N–H and O–H groups in total. The Labute approximate surface area is 162 Å². The Balaban J connectivity index is 1.58. The molecule has 1 amide bonds. The highest BCUT2D eigenvalue weighted by Gasteiger charge is 2.40. The standard InChI is InChI=1S/C20H20N4O4/c1-13-22-23-19(27-13)18-11-16(26-2)12-24(18)20(25)17-10-15(8-9-21-17)28-14-6-4-3-5-7-14/h3-10,16,18H,11-12H2,1-2H3/t16-,18-/m1/s1. The van der Waals surface area contributed by atoms with Gasteiger partial charge in [-0.05, 0) is 18.2 Å². The number of nitrogens with zero attached hydrogens (tertiary/aromatic N) is 4. The number of likely N-dealkylation sites (tertiary alicyclic amines) is 1. The van der Waals surface area contributed by atoms with Gasteiger partial charge in [0.25, 0.3) is 5.91 Å². The van der Waals surface area contributed by atoms with Gasteiger partial charge in [-0.25, -0.2) is 0 Å². The zero-order valence-electron chi connectivity index (χ0n) is 15.6. The number of aromatic nitrogens is 3. The molecule has 1 aliphatic heterocycles. The zero-order valence-corrected chi connectivity index (χ0v) is 15.6. The lowest BCUT2D eigenvalue weighted by molar-refractivity contribution is 0.0668. The van der Waals surface area contributed by atoms with Gasteiger partial charge in [0.2, 0.25) is 11.8 Å². The van der Waals surface area contributed by atoms with E-state index in [2.05, 4.69) is 15.2 Å². The van der Waals surface area contributed by atoms with Crippen LogP contribution < -0.4 is 4.74 Å². The molecule has 4 rings (SSSR count). The highest BCUT2D eigenvalue weighted by Crippen LogP contribution is 2.34. The Kier molecular flexibility index (Phi) is 5.03. The Bertz CT molecular complexity index is 960.